The van der Waals surface area contributed by atoms with Crippen LogP contribution in [0.4, 0.5) is 0 Å². The first-order valence-corrected chi connectivity index (χ1v) is 6.40. The standard InChI is InChI=1S/C14H23NO/c1-9-4-6-12(7-5-9)14(15)13-8-10(2)16-11(13)3/h8-9,12,14H,4-7,15H2,1-3H3. The molecule has 1 fully saturated rings. The number of furan rings is 1. The fourth-order valence-electron chi connectivity index (χ4n) is 2.88. The van der Waals surface area contributed by atoms with E-state index in [9.17, 15) is 0 Å². The van der Waals surface area contributed by atoms with Gasteiger partial charge in [0.2, 0.25) is 0 Å². The third-order valence-corrected chi connectivity index (χ3v) is 4.01. The Morgan fingerprint density at radius 1 is 1.25 bits per heavy atom. The average Bonchev–Trinajstić information content (AvgIpc) is 2.58. The molecule has 0 saturated heterocycles. The zero-order chi connectivity index (χ0) is 11.7. The van der Waals surface area contributed by atoms with Crippen LogP contribution in [-0.2, 0) is 0 Å². The summed E-state index contributed by atoms with van der Waals surface area (Å²) < 4.78 is 5.57. The minimum atomic E-state index is 0.171. The summed E-state index contributed by atoms with van der Waals surface area (Å²) in [5.41, 5.74) is 7.59. The molecule has 1 aromatic rings. The van der Waals surface area contributed by atoms with E-state index in [1.807, 2.05) is 13.8 Å². The van der Waals surface area contributed by atoms with Gasteiger partial charge in [0.05, 0.1) is 0 Å². The van der Waals surface area contributed by atoms with Crippen molar-refractivity contribution in [2.45, 2.75) is 52.5 Å². The van der Waals surface area contributed by atoms with E-state index in [1.54, 1.807) is 0 Å². The molecule has 0 aliphatic heterocycles. The van der Waals surface area contributed by atoms with Crippen molar-refractivity contribution in [2.75, 3.05) is 0 Å². The average molecular weight is 221 g/mol. The van der Waals surface area contributed by atoms with Gasteiger partial charge in [0.15, 0.2) is 0 Å². The van der Waals surface area contributed by atoms with Gasteiger partial charge in [0.1, 0.15) is 11.5 Å². The van der Waals surface area contributed by atoms with Crippen molar-refractivity contribution < 1.29 is 4.42 Å². The van der Waals surface area contributed by atoms with Gasteiger partial charge in [-0.05, 0) is 44.6 Å². The number of rotatable bonds is 2. The van der Waals surface area contributed by atoms with Crippen LogP contribution in [0.15, 0.2) is 10.5 Å². The Morgan fingerprint density at radius 2 is 1.88 bits per heavy atom. The zero-order valence-electron chi connectivity index (χ0n) is 10.6. The maximum Gasteiger partial charge on any atom is 0.105 e. The lowest BCUT2D eigenvalue weighted by molar-refractivity contribution is 0.255. The van der Waals surface area contributed by atoms with E-state index in [2.05, 4.69) is 13.0 Å². The van der Waals surface area contributed by atoms with Crippen LogP contribution in [0.1, 0.15) is 55.7 Å². The molecule has 2 nitrogen and oxygen atoms in total. The molecular formula is C14H23NO. The SMILES string of the molecule is Cc1cc(C(N)C2CCC(C)CC2)c(C)o1. The van der Waals surface area contributed by atoms with Crippen LogP contribution in [0, 0.1) is 25.7 Å². The third-order valence-electron chi connectivity index (χ3n) is 4.01. The fraction of sp³-hybridized carbons (Fsp3) is 0.714. The van der Waals surface area contributed by atoms with E-state index >= 15 is 0 Å². The molecule has 1 heterocycles. The minimum Gasteiger partial charge on any atom is -0.466 e. The second kappa shape index (κ2) is 4.62. The van der Waals surface area contributed by atoms with Gasteiger partial charge in [-0.15, -0.1) is 0 Å². The summed E-state index contributed by atoms with van der Waals surface area (Å²) in [6.45, 7) is 6.36. The first-order chi connectivity index (χ1) is 7.58. The molecule has 0 radical (unpaired) electrons. The van der Waals surface area contributed by atoms with Crippen molar-refractivity contribution in [3.05, 3.63) is 23.2 Å². The molecular weight excluding hydrogens is 198 g/mol. The summed E-state index contributed by atoms with van der Waals surface area (Å²) in [7, 11) is 0. The highest BCUT2D eigenvalue weighted by molar-refractivity contribution is 5.24. The number of aryl methyl sites for hydroxylation is 2. The van der Waals surface area contributed by atoms with E-state index in [1.165, 1.54) is 31.2 Å². The normalized spacial score (nSPS) is 28.0. The largest absolute Gasteiger partial charge is 0.466 e. The highest BCUT2D eigenvalue weighted by Crippen LogP contribution is 2.36. The lowest BCUT2D eigenvalue weighted by atomic mass is 9.78. The van der Waals surface area contributed by atoms with E-state index in [0.29, 0.717) is 5.92 Å². The van der Waals surface area contributed by atoms with Gasteiger partial charge in [0, 0.05) is 11.6 Å². The highest BCUT2D eigenvalue weighted by Gasteiger charge is 2.26. The summed E-state index contributed by atoms with van der Waals surface area (Å²) in [5, 5.41) is 0. The van der Waals surface area contributed by atoms with Crippen molar-refractivity contribution in [3.8, 4) is 0 Å². The number of hydrogen-bond acceptors (Lipinski definition) is 2. The van der Waals surface area contributed by atoms with Crippen LogP contribution >= 0.6 is 0 Å². The molecule has 0 amide bonds. The molecule has 90 valence electrons. The van der Waals surface area contributed by atoms with E-state index in [4.69, 9.17) is 10.2 Å². The molecule has 1 aromatic heterocycles. The van der Waals surface area contributed by atoms with Crippen LogP contribution in [0.25, 0.3) is 0 Å². The van der Waals surface area contributed by atoms with Crippen LogP contribution in [0.5, 0.6) is 0 Å². The molecule has 16 heavy (non-hydrogen) atoms. The van der Waals surface area contributed by atoms with Crippen molar-refractivity contribution >= 4 is 0 Å². The first-order valence-electron chi connectivity index (χ1n) is 6.40. The van der Waals surface area contributed by atoms with Gasteiger partial charge in [0.25, 0.3) is 0 Å². The number of hydrogen-bond donors (Lipinski definition) is 1. The molecule has 2 heteroatoms. The number of nitrogens with two attached hydrogens (primary N) is 1. The second-order valence-electron chi connectivity index (χ2n) is 5.41. The molecule has 0 bridgehead atoms. The Balaban J connectivity index is 2.07. The Kier molecular flexibility index (Phi) is 3.38. The van der Waals surface area contributed by atoms with Crippen LogP contribution in [-0.4, -0.2) is 0 Å². The second-order valence-corrected chi connectivity index (χ2v) is 5.41. The van der Waals surface area contributed by atoms with E-state index in [0.717, 1.165) is 17.4 Å². The molecule has 2 N–H and O–H groups in total. The van der Waals surface area contributed by atoms with Gasteiger partial charge < -0.3 is 10.2 Å². The Morgan fingerprint density at radius 3 is 2.38 bits per heavy atom. The summed E-state index contributed by atoms with van der Waals surface area (Å²) in [4.78, 5) is 0. The van der Waals surface area contributed by atoms with E-state index in [-0.39, 0.29) is 6.04 Å². The van der Waals surface area contributed by atoms with Crippen LogP contribution in [0.2, 0.25) is 0 Å². The molecule has 2 rings (SSSR count). The summed E-state index contributed by atoms with van der Waals surface area (Å²) in [6, 6.07) is 2.28. The van der Waals surface area contributed by atoms with Gasteiger partial charge >= 0.3 is 0 Å². The predicted octanol–water partition coefficient (Wildman–Crippen LogP) is 3.72. The van der Waals surface area contributed by atoms with E-state index < -0.39 is 0 Å². The molecule has 0 spiro atoms. The Labute approximate surface area is 98.2 Å². The molecule has 1 atom stereocenters. The zero-order valence-corrected chi connectivity index (χ0v) is 10.6. The Hall–Kier alpha value is -0.760. The van der Waals surface area contributed by atoms with Crippen molar-refractivity contribution in [1.29, 1.82) is 0 Å². The smallest absolute Gasteiger partial charge is 0.105 e. The van der Waals surface area contributed by atoms with Crippen LogP contribution in [0.3, 0.4) is 0 Å². The summed E-state index contributed by atoms with van der Waals surface area (Å²) >= 11 is 0. The van der Waals surface area contributed by atoms with Gasteiger partial charge in [-0.2, -0.15) is 0 Å². The summed E-state index contributed by atoms with van der Waals surface area (Å²) in [6.07, 6.45) is 5.19. The Bertz CT molecular complexity index is 348. The topological polar surface area (TPSA) is 39.2 Å². The predicted molar refractivity (Wildman–Crippen MR) is 66.2 cm³/mol. The lowest BCUT2D eigenvalue weighted by Crippen LogP contribution is -2.25. The van der Waals surface area contributed by atoms with Gasteiger partial charge in [-0.3, -0.25) is 0 Å². The molecule has 1 aliphatic rings. The molecule has 0 aromatic carbocycles. The maximum absolute atomic E-state index is 6.37. The maximum atomic E-state index is 6.37. The summed E-state index contributed by atoms with van der Waals surface area (Å²) in [5.74, 6) is 3.51. The molecule has 1 saturated carbocycles. The van der Waals surface area contributed by atoms with Crippen molar-refractivity contribution in [2.24, 2.45) is 17.6 Å². The first kappa shape index (κ1) is 11.7. The van der Waals surface area contributed by atoms with Crippen LogP contribution < -0.4 is 5.73 Å². The van der Waals surface area contributed by atoms with Crippen molar-refractivity contribution in [1.82, 2.24) is 0 Å². The van der Waals surface area contributed by atoms with Crippen molar-refractivity contribution in [3.63, 3.8) is 0 Å². The minimum absolute atomic E-state index is 0.171. The fourth-order valence-corrected chi connectivity index (χ4v) is 2.88. The van der Waals surface area contributed by atoms with Gasteiger partial charge in [-0.1, -0.05) is 19.8 Å². The molecule has 1 aliphatic carbocycles. The van der Waals surface area contributed by atoms with Gasteiger partial charge in [-0.25, -0.2) is 0 Å². The lowest BCUT2D eigenvalue weighted by Gasteiger charge is -2.30. The third kappa shape index (κ3) is 2.32. The highest BCUT2D eigenvalue weighted by atomic mass is 16.3. The quantitative estimate of drug-likeness (QED) is 0.826. The molecule has 1 unspecified atom stereocenters. The monoisotopic (exact) mass is 221 g/mol.